The Bertz CT molecular complexity index is 418. The van der Waals surface area contributed by atoms with Crippen molar-refractivity contribution in [1.29, 1.82) is 0 Å². The molecule has 0 spiro atoms. The van der Waals surface area contributed by atoms with Gasteiger partial charge in [-0.05, 0) is 24.7 Å². The van der Waals surface area contributed by atoms with Crippen LogP contribution >= 0.6 is 11.6 Å². The van der Waals surface area contributed by atoms with Crippen molar-refractivity contribution in [2.75, 3.05) is 0 Å². The number of nitrogens with zero attached hydrogens (tertiary/aromatic N) is 2. The van der Waals surface area contributed by atoms with E-state index in [0.717, 1.165) is 25.1 Å². The second-order valence-electron chi connectivity index (χ2n) is 5.84. The van der Waals surface area contributed by atoms with Gasteiger partial charge in [0.1, 0.15) is 5.82 Å². The SMILES string of the molecule is Cn1ccnc1CCC1=CC(Cl)CC(C)(C)C1. The summed E-state index contributed by atoms with van der Waals surface area (Å²) < 4.78 is 2.09. The molecule has 0 radical (unpaired) electrons. The fourth-order valence-corrected chi connectivity index (χ4v) is 3.27. The molecule has 1 unspecified atom stereocenters. The Kier molecular flexibility index (Phi) is 3.62. The summed E-state index contributed by atoms with van der Waals surface area (Å²) in [5.41, 5.74) is 1.84. The molecule has 0 saturated heterocycles. The molecule has 2 nitrogen and oxygen atoms in total. The zero-order valence-corrected chi connectivity index (χ0v) is 11.7. The summed E-state index contributed by atoms with van der Waals surface area (Å²) in [5.74, 6) is 1.15. The Hall–Kier alpha value is -0.760. The summed E-state index contributed by atoms with van der Waals surface area (Å²) in [7, 11) is 2.05. The standard InChI is InChI=1S/C14H21ClN2/c1-14(2)9-11(8-12(15)10-14)4-5-13-16-6-7-17(13)3/h6-8,12H,4-5,9-10H2,1-3H3. The van der Waals surface area contributed by atoms with Gasteiger partial charge in [0.15, 0.2) is 0 Å². The lowest BCUT2D eigenvalue weighted by molar-refractivity contribution is 0.318. The number of imidazole rings is 1. The largest absolute Gasteiger partial charge is 0.338 e. The molecule has 0 N–H and O–H groups in total. The molecule has 1 aliphatic carbocycles. The molecule has 0 aromatic carbocycles. The lowest BCUT2D eigenvalue weighted by atomic mass is 9.76. The zero-order valence-electron chi connectivity index (χ0n) is 10.9. The molecule has 3 heteroatoms. The minimum absolute atomic E-state index is 0.204. The number of alkyl halides is 1. The van der Waals surface area contributed by atoms with E-state index in [9.17, 15) is 0 Å². The maximum absolute atomic E-state index is 6.29. The van der Waals surface area contributed by atoms with E-state index >= 15 is 0 Å². The Morgan fingerprint density at radius 1 is 1.47 bits per heavy atom. The van der Waals surface area contributed by atoms with Crippen LogP contribution in [0, 0.1) is 5.41 Å². The molecule has 0 bridgehead atoms. The summed E-state index contributed by atoms with van der Waals surface area (Å²) in [6.07, 6.45) is 10.4. The number of allylic oxidation sites excluding steroid dienone is 2. The summed E-state index contributed by atoms with van der Waals surface area (Å²) in [5, 5.41) is 0.204. The average Bonchev–Trinajstić information content (AvgIpc) is 2.58. The highest BCUT2D eigenvalue weighted by molar-refractivity contribution is 6.21. The minimum atomic E-state index is 0.204. The smallest absolute Gasteiger partial charge is 0.108 e. The van der Waals surface area contributed by atoms with Gasteiger partial charge >= 0.3 is 0 Å². The molecule has 0 fully saturated rings. The topological polar surface area (TPSA) is 17.8 Å². The predicted molar refractivity (Wildman–Crippen MR) is 72.3 cm³/mol. The van der Waals surface area contributed by atoms with E-state index in [1.54, 1.807) is 0 Å². The van der Waals surface area contributed by atoms with Crippen molar-refractivity contribution in [2.24, 2.45) is 12.5 Å². The van der Waals surface area contributed by atoms with Gasteiger partial charge in [-0.1, -0.05) is 25.5 Å². The predicted octanol–water partition coefficient (Wildman–Crippen LogP) is 3.71. The number of rotatable bonds is 3. The first-order valence-electron chi connectivity index (χ1n) is 6.26. The van der Waals surface area contributed by atoms with Crippen LogP contribution in [0.15, 0.2) is 24.0 Å². The average molecular weight is 253 g/mol. The third-order valence-corrected chi connectivity index (χ3v) is 3.74. The maximum atomic E-state index is 6.29. The van der Waals surface area contributed by atoms with Crippen molar-refractivity contribution in [1.82, 2.24) is 9.55 Å². The van der Waals surface area contributed by atoms with Crippen molar-refractivity contribution in [2.45, 2.75) is 44.9 Å². The van der Waals surface area contributed by atoms with Crippen LogP contribution in [0.1, 0.15) is 38.9 Å². The molecule has 1 aromatic heterocycles. The molecule has 0 amide bonds. The highest BCUT2D eigenvalue weighted by atomic mass is 35.5. The number of halogens is 1. The number of hydrogen-bond donors (Lipinski definition) is 0. The Labute approximate surface area is 109 Å². The van der Waals surface area contributed by atoms with Crippen LogP contribution in [0.4, 0.5) is 0 Å². The van der Waals surface area contributed by atoms with E-state index in [1.165, 1.54) is 12.0 Å². The molecular weight excluding hydrogens is 232 g/mol. The lowest BCUT2D eigenvalue weighted by Gasteiger charge is -2.32. The first-order chi connectivity index (χ1) is 7.96. The van der Waals surface area contributed by atoms with Gasteiger partial charge in [-0.3, -0.25) is 0 Å². The van der Waals surface area contributed by atoms with Gasteiger partial charge in [0.05, 0.1) is 5.38 Å². The van der Waals surface area contributed by atoms with Crippen LogP contribution in [-0.4, -0.2) is 14.9 Å². The van der Waals surface area contributed by atoms with Crippen molar-refractivity contribution < 1.29 is 0 Å². The van der Waals surface area contributed by atoms with Crippen molar-refractivity contribution >= 4 is 11.6 Å². The van der Waals surface area contributed by atoms with Gasteiger partial charge in [-0.2, -0.15) is 0 Å². The molecule has 94 valence electrons. The Morgan fingerprint density at radius 2 is 2.24 bits per heavy atom. The monoisotopic (exact) mass is 252 g/mol. The van der Waals surface area contributed by atoms with E-state index < -0.39 is 0 Å². The van der Waals surface area contributed by atoms with E-state index in [2.05, 4.69) is 29.5 Å². The van der Waals surface area contributed by atoms with Crippen LogP contribution in [-0.2, 0) is 13.5 Å². The van der Waals surface area contributed by atoms with E-state index in [4.69, 9.17) is 11.6 Å². The molecule has 1 aromatic rings. The van der Waals surface area contributed by atoms with Gasteiger partial charge in [-0.15, -0.1) is 11.6 Å². The van der Waals surface area contributed by atoms with Crippen LogP contribution in [0.5, 0.6) is 0 Å². The molecule has 1 aliphatic rings. The van der Waals surface area contributed by atoms with E-state index in [-0.39, 0.29) is 5.38 Å². The zero-order chi connectivity index (χ0) is 12.5. The van der Waals surface area contributed by atoms with Crippen molar-refractivity contribution in [3.63, 3.8) is 0 Å². The highest BCUT2D eigenvalue weighted by Gasteiger charge is 2.27. The molecule has 1 atom stereocenters. The normalized spacial score (nSPS) is 23.5. The van der Waals surface area contributed by atoms with Crippen LogP contribution in [0.3, 0.4) is 0 Å². The number of aromatic nitrogens is 2. The molecule has 2 rings (SSSR count). The molecule has 17 heavy (non-hydrogen) atoms. The highest BCUT2D eigenvalue weighted by Crippen LogP contribution is 2.38. The van der Waals surface area contributed by atoms with E-state index in [1.807, 2.05) is 19.4 Å². The second kappa shape index (κ2) is 4.85. The molecule has 0 saturated carbocycles. The Morgan fingerprint density at radius 3 is 2.82 bits per heavy atom. The van der Waals surface area contributed by atoms with Crippen LogP contribution in [0.25, 0.3) is 0 Å². The fourth-order valence-electron chi connectivity index (χ4n) is 2.67. The Balaban J connectivity index is 1.98. The summed E-state index contributed by atoms with van der Waals surface area (Å²) in [4.78, 5) is 4.36. The van der Waals surface area contributed by atoms with Gasteiger partial charge < -0.3 is 4.57 Å². The first-order valence-corrected chi connectivity index (χ1v) is 6.70. The molecular formula is C14H21ClN2. The quantitative estimate of drug-likeness (QED) is 0.592. The third kappa shape index (κ3) is 3.35. The third-order valence-electron chi connectivity index (χ3n) is 3.46. The van der Waals surface area contributed by atoms with Gasteiger partial charge in [-0.25, -0.2) is 4.98 Å². The van der Waals surface area contributed by atoms with Gasteiger partial charge in [0.2, 0.25) is 0 Å². The first kappa shape index (κ1) is 12.7. The molecule has 0 aliphatic heterocycles. The van der Waals surface area contributed by atoms with Crippen LogP contribution in [0.2, 0.25) is 0 Å². The fraction of sp³-hybridized carbons (Fsp3) is 0.643. The van der Waals surface area contributed by atoms with E-state index in [0.29, 0.717) is 5.41 Å². The summed E-state index contributed by atoms with van der Waals surface area (Å²) in [6.45, 7) is 4.60. The summed E-state index contributed by atoms with van der Waals surface area (Å²) in [6, 6.07) is 0. The van der Waals surface area contributed by atoms with Gasteiger partial charge in [0, 0.05) is 25.9 Å². The number of hydrogen-bond acceptors (Lipinski definition) is 1. The van der Waals surface area contributed by atoms with Crippen molar-refractivity contribution in [3.05, 3.63) is 29.9 Å². The minimum Gasteiger partial charge on any atom is -0.338 e. The molecule has 1 heterocycles. The van der Waals surface area contributed by atoms with Crippen LogP contribution < -0.4 is 0 Å². The summed E-state index contributed by atoms with van der Waals surface area (Å²) >= 11 is 6.29. The van der Waals surface area contributed by atoms with Gasteiger partial charge in [0.25, 0.3) is 0 Å². The lowest BCUT2D eigenvalue weighted by Crippen LogP contribution is -2.22. The second-order valence-corrected chi connectivity index (χ2v) is 6.40. The maximum Gasteiger partial charge on any atom is 0.108 e. The van der Waals surface area contributed by atoms with Crippen molar-refractivity contribution in [3.8, 4) is 0 Å². The number of aryl methyl sites for hydroxylation is 2.